The molecule has 6 heteroatoms. The minimum atomic E-state index is -1.17. The molecule has 1 rings (SSSR count). The normalized spacial score (nSPS) is 10.8. The number of carbonyl (C=O) groups excluding carboxylic acids is 2. The summed E-state index contributed by atoms with van der Waals surface area (Å²) in [5.74, 6) is -2.54. The van der Waals surface area contributed by atoms with Crippen LogP contribution in [-0.4, -0.2) is 31.4 Å². The van der Waals surface area contributed by atoms with Gasteiger partial charge in [-0.15, -0.1) is 0 Å². The first-order chi connectivity index (χ1) is 9.58. The molecule has 0 saturated heterocycles. The lowest BCUT2D eigenvalue weighted by Gasteiger charge is -2.09. The molecule has 108 valence electrons. The van der Waals surface area contributed by atoms with Crippen LogP contribution >= 0.6 is 11.6 Å². The van der Waals surface area contributed by atoms with E-state index in [1.54, 1.807) is 38.1 Å². The van der Waals surface area contributed by atoms with E-state index in [4.69, 9.17) is 21.1 Å². The number of hydrogen-bond acceptors (Lipinski definition) is 5. The molecule has 0 aliphatic heterocycles. The van der Waals surface area contributed by atoms with Crippen molar-refractivity contribution in [1.82, 2.24) is 0 Å². The summed E-state index contributed by atoms with van der Waals surface area (Å²) in [6, 6.07) is 6.74. The lowest BCUT2D eigenvalue weighted by atomic mass is 10.1. The van der Waals surface area contributed by atoms with E-state index < -0.39 is 17.9 Å². The maximum absolute atomic E-state index is 11.7. The second-order valence-corrected chi connectivity index (χ2v) is 4.18. The summed E-state index contributed by atoms with van der Waals surface area (Å²) in [7, 11) is 0. The maximum atomic E-state index is 11.7. The van der Waals surface area contributed by atoms with Gasteiger partial charge in [0.25, 0.3) is 0 Å². The Hall–Kier alpha value is -1.88. The van der Waals surface area contributed by atoms with Crippen molar-refractivity contribution in [3.8, 4) is 0 Å². The highest BCUT2D eigenvalue weighted by Gasteiger charge is 2.27. The van der Waals surface area contributed by atoms with E-state index in [0.29, 0.717) is 10.7 Å². The molecule has 0 spiro atoms. The van der Waals surface area contributed by atoms with Gasteiger partial charge in [0, 0.05) is 11.2 Å². The number of ether oxygens (including phenoxy) is 2. The third-order valence-corrected chi connectivity index (χ3v) is 2.50. The van der Waals surface area contributed by atoms with Crippen LogP contribution in [0.1, 0.15) is 13.8 Å². The molecule has 0 amide bonds. The van der Waals surface area contributed by atoms with Crippen LogP contribution in [0.3, 0.4) is 0 Å². The highest BCUT2D eigenvalue weighted by atomic mass is 35.5. The molecular weight excluding hydrogens is 282 g/mol. The van der Waals surface area contributed by atoms with Crippen LogP contribution in [0.15, 0.2) is 29.3 Å². The third kappa shape index (κ3) is 5.01. The molecule has 0 N–H and O–H groups in total. The van der Waals surface area contributed by atoms with Gasteiger partial charge in [0.1, 0.15) is 0 Å². The standard InChI is InChI=1S/C14H16ClNO4/c1-3-19-13(17)12(14(18)20-4-2)9-16-11-7-5-6-10(15)8-11/h5-9,12H,3-4H2,1-2H3/b16-9-. The Morgan fingerprint density at radius 1 is 1.25 bits per heavy atom. The van der Waals surface area contributed by atoms with Crippen LogP contribution in [0.25, 0.3) is 0 Å². The van der Waals surface area contributed by atoms with Gasteiger partial charge in [0.05, 0.1) is 18.9 Å². The van der Waals surface area contributed by atoms with E-state index in [2.05, 4.69) is 4.99 Å². The Bertz CT molecular complexity index is 484. The van der Waals surface area contributed by atoms with Crippen LogP contribution in [0, 0.1) is 5.92 Å². The Labute approximate surface area is 122 Å². The predicted octanol–water partition coefficient (Wildman–Crippen LogP) is 2.78. The molecule has 0 heterocycles. The zero-order valence-electron chi connectivity index (χ0n) is 11.3. The predicted molar refractivity (Wildman–Crippen MR) is 76.4 cm³/mol. The van der Waals surface area contributed by atoms with Gasteiger partial charge in [-0.3, -0.25) is 14.6 Å². The summed E-state index contributed by atoms with van der Waals surface area (Å²) < 4.78 is 9.65. The molecule has 0 atom stereocenters. The number of hydrogen-bond donors (Lipinski definition) is 0. The quantitative estimate of drug-likeness (QED) is 0.460. The molecule has 0 radical (unpaired) electrons. The van der Waals surface area contributed by atoms with Crippen LogP contribution in [0.4, 0.5) is 5.69 Å². The van der Waals surface area contributed by atoms with Crippen molar-refractivity contribution in [3.63, 3.8) is 0 Å². The van der Waals surface area contributed by atoms with Crippen molar-refractivity contribution in [2.24, 2.45) is 10.9 Å². The summed E-state index contributed by atoms with van der Waals surface area (Å²) in [5, 5.41) is 0.517. The highest BCUT2D eigenvalue weighted by molar-refractivity contribution is 6.30. The minimum Gasteiger partial charge on any atom is -0.465 e. The van der Waals surface area contributed by atoms with E-state index in [9.17, 15) is 9.59 Å². The highest BCUT2D eigenvalue weighted by Crippen LogP contribution is 2.18. The second-order valence-electron chi connectivity index (χ2n) is 3.74. The average molecular weight is 298 g/mol. The number of carbonyl (C=O) groups is 2. The van der Waals surface area contributed by atoms with Crippen molar-refractivity contribution in [3.05, 3.63) is 29.3 Å². The van der Waals surface area contributed by atoms with E-state index >= 15 is 0 Å². The number of aliphatic imine (C=N–C) groups is 1. The molecule has 20 heavy (non-hydrogen) atoms. The fraction of sp³-hybridized carbons (Fsp3) is 0.357. The van der Waals surface area contributed by atoms with E-state index in [0.717, 1.165) is 0 Å². The first-order valence-electron chi connectivity index (χ1n) is 6.21. The summed E-state index contributed by atoms with van der Waals surface area (Å²) in [6.07, 6.45) is 1.21. The van der Waals surface area contributed by atoms with Crippen LogP contribution in [0.5, 0.6) is 0 Å². The van der Waals surface area contributed by atoms with Gasteiger partial charge in [0.2, 0.25) is 0 Å². The largest absolute Gasteiger partial charge is 0.465 e. The lowest BCUT2D eigenvalue weighted by Crippen LogP contribution is -2.29. The molecule has 5 nitrogen and oxygen atoms in total. The van der Waals surface area contributed by atoms with Crippen molar-refractivity contribution in [1.29, 1.82) is 0 Å². The summed E-state index contributed by atoms with van der Waals surface area (Å²) in [6.45, 7) is 3.68. The van der Waals surface area contributed by atoms with Crippen molar-refractivity contribution >= 4 is 35.4 Å². The Kier molecular flexibility index (Phi) is 6.73. The molecule has 0 aliphatic carbocycles. The van der Waals surface area contributed by atoms with E-state index in [1.165, 1.54) is 6.21 Å². The minimum absolute atomic E-state index is 0.180. The van der Waals surface area contributed by atoms with Gasteiger partial charge < -0.3 is 9.47 Å². The number of esters is 2. The first kappa shape index (κ1) is 16.2. The molecule has 0 bridgehead atoms. The van der Waals surface area contributed by atoms with Gasteiger partial charge in [0.15, 0.2) is 5.92 Å². The molecule has 0 unspecified atom stereocenters. The Morgan fingerprint density at radius 3 is 2.35 bits per heavy atom. The summed E-state index contributed by atoms with van der Waals surface area (Å²) >= 11 is 5.83. The molecule has 1 aromatic rings. The first-order valence-corrected chi connectivity index (χ1v) is 6.59. The van der Waals surface area contributed by atoms with Gasteiger partial charge in [-0.05, 0) is 32.0 Å². The van der Waals surface area contributed by atoms with Crippen molar-refractivity contribution < 1.29 is 19.1 Å². The molecular formula is C14H16ClNO4. The van der Waals surface area contributed by atoms with Gasteiger partial charge in [-0.1, -0.05) is 17.7 Å². The monoisotopic (exact) mass is 297 g/mol. The molecule has 0 aliphatic rings. The van der Waals surface area contributed by atoms with Gasteiger partial charge in [-0.2, -0.15) is 0 Å². The molecule has 0 fully saturated rings. The summed E-state index contributed by atoms with van der Waals surface area (Å²) in [5.41, 5.74) is 0.538. The van der Waals surface area contributed by atoms with Crippen molar-refractivity contribution in [2.45, 2.75) is 13.8 Å². The molecule has 0 aromatic heterocycles. The van der Waals surface area contributed by atoms with Crippen LogP contribution < -0.4 is 0 Å². The average Bonchev–Trinajstić information content (AvgIpc) is 2.39. The fourth-order valence-corrected chi connectivity index (χ4v) is 1.58. The number of rotatable bonds is 6. The van der Waals surface area contributed by atoms with Crippen molar-refractivity contribution in [2.75, 3.05) is 13.2 Å². The van der Waals surface area contributed by atoms with Gasteiger partial charge in [-0.25, -0.2) is 0 Å². The van der Waals surface area contributed by atoms with E-state index in [-0.39, 0.29) is 13.2 Å². The van der Waals surface area contributed by atoms with Gasteiger partial charge >= 0.3 is 11.9 Å². The molecule has 1 aromatic carbocycles. The topological polar surface area (TPSA) is 65.0 Å². The maximum Gasteiger partial charge on any atom is 0.325 e. The zero-order chi connectivity index (χ0) is 15.0. The summed E-state index contributed by atoms with van der Waals surface area (Å²) in [4.78, 5) is 27.5. The fourth-order valence-electron chi connectivity index (χ4n) is 1.40. The number of nitrogens with zero attached hydrogens (tertiary/aromatic N) is 1. The van der Waals surface area contributed by atoms with Crippen LogP contribution in [-0.2, 0) is 19.1 Å². The van der Waals surface area contributed by atoms with Crippen LogP contribution in [0.2, 0.25) is 5.02 Å². The molecule has 0 saturated carbocycles. The third-order valence-electron chi connectivity index (χ3n) is 2.26. The number of benzene rings is 1. The second kappa shape index (κ2) is 8.32. The van der Waals surface area contributed by atoms with E-state index in [1.807, 2.05) is 0 Å². The zero-order valence-corrected chi connectivity index (χ0v) is 12.1. The Balaban J connectivity index is 2.88. The number of halogens is 1. The smallest absolute Gasteiger partial charge is 0.325 e. The lowest BCUT2D eigenvalue weighted by molar-refractivity contribution is -0.157. The SMILES string of the molecule is CCOC(=O)C(/C=N\c1cccc(Cl)c1)C(=O)OCC. The Morgan fingerprint density at radius 2 is 1.85 bits per heavy atom.